The zero-order valence-corrected chi connectivity index (χ0v) is 11.8. The normalized spacial score (nSPS) is 12.1. The molecule has 1 N–H and O–H groups in total. The molecule has 0 spiro atoms. The van der Waals surface area contributed by atoms with Crippen molar-refractivity contribution in [3.63, 3.8) is 0 Å². The molecular weight excluding hydrogens is 274 g/mol. The number of aliphatic hydroxyl groups excluding tert-OH is 1. The van der Waals surface area contributed by atoms with Crippen LogP contribution in [0.5, 0.6) is 0 Å². The first-order chi connectivity index (χ1) is 9.61. The van der Waals surface area contributed by atoms with E-state index in [1.54, 1.807) is 6.07 Å². The minimum atomic E-state index is -0.663. The standard InChI is InChI=1S/C15H15NO3S/c1-20-15-8-7-13(16(18)19)9-12(15)10-14(17)11-5-3-2-4-6-11/h2-9,14,17H,10H2,1H3. The van der Waals surface area contributed by atoms with Crippen molar-refractivity contribution in [2.24, 2.45) is 0 Å². The maximum Gasteiger partial charge on any atom is 0.269 e. The van der Waals surface area contributed by atoms with Crippen LogP contribution in [0.3, 0.4) is 0 Å². The molecule has 2 rings (SSSR count). The van der Waals surface area contributed by atoms with Crippen molar-refractivity contribution in [1.29, 1.82) is 0 Å². The lowest BCUT2D eigenvalue weighted by Gasteiger charge is -2.13. The van der Waals surface area contributed by atoms with Crippen LogP contribution in [0.25, 0.3) is 0 Å². The van der Waals surface area contributed by atoms with Crippen LogP contribution in [0.2, 0.25) is 0 Å². The molecule has 104 valence electrons. The number of nitro groups is 1. The molecule has 0 saturated heterocycles. The van der Waals surface area contributed by atoms with Crippen molar-refractivity contribution < 1.29 is 10.0 Å². The van der Waals surface area contributed by atoms with E-state index in [0.29, 0.717) is 6.42 Å². The van der Waals surface area contributed by atoms with E-state index in [-0.39, 0.29) is 5.69 Å². The van der Waals surface area contributed by atoms with Crippen molar-refractivity contribution >= 4 is 17.4 Å². The van der Waals surface area contributed by atoms with E-state index in [0.717, 1.165) is 16.0 Å². The summed E-state index contributed by atoms with van der Waals surface area (Å²) in [5.74, 6) is 0. The SMILES string of the molecule is CSc1ccc([N+](=O)[O-])cc1CC(O)c1ccccc1. The molecule has 1 unspecified atom stereocenters. The van der Waals surface area contributed by atoms with E-state index >= 15 is 0 Å². The highest BCUT2D eigenvalue weighted by molar-refractivity contribution is 7.98. The molecule has 4 nitrogen and oxygen atoms in total. The highest BCUT2D eigenvalue weighted by Crippen LogP contribution is 2.29. The van der Waals surface area contributed by atoms with Gasteiger partial charge in [-0.1, -0.05) is 30.3 Å². The van der Waals surface area contributed by atoms with Gasteiger partial charge in [0.2, 0.25) is 0 Å². The van der Waals surface area contributed by atoms with E-state index < -0.39 is 11.0 Å². The van der Waals surface area contributed by atoms with Crippen LogP contribution in [0.4, 0.5) is 5.69 Å². The number of nitrogens with zero attached hydrogens (tertiary/aromatic N) is 1. The van der Waals surface area contributed by atoms with Gasteiger partial charge in [0.25, 0.3) is 5.69 Å². The third kappa shape index (κ3) is 3.37. The summed E-state index contributed by atoms with van der Waals surface area (Å²) in [6, 6.07) is 14.1. The molecule has 0 heterocycles. The van der Waals surface area contributed by atoms with Gasteiger partial charge in [0.05, 0.1) is 11.0 Å². The number of aliphatic hydroxyl groups is 1. The zero-order valence-electron chi connectivity index (χ0n) is 11.0. The quantitative estimate of drug-likeness (QED) is 0.519. The fraction of sp³-hybridized carbons (Fsp3) is 0.200. The van der Waals surface area contributed by atoms with Crippen molar-refractivity contribution in [2.75, 3.05) is 6.26 Å². The zero-order chi connectivity index (χ0) is 14.5. The highest BCUT2D eigenvalue weighted by atomic mass is 32.2. The number of non-ortho nitro benzene ring substituents is 1. The highest BCUT2D eigenvalue weighted by Gasteiger charge is 2.15. The summed E-state index contributed by atoms with van der Waals surface area (Å²) in [6.45, 7) is 0. The van der Waals surface area contributed by atoms with Gasteiger partial charge >= 0.3 is 0 Å². The summed E-state index contributed by atoms with van der Waals surface area (Å²) in [7, 11) is 0. The number of nitro benzene ring substituents is 1. The predicted molar refractivity (Wildman–Crippen MR) is 80.0 cm³/mol. The Balaban J connectivity index is 2.27. The van der Waals surface area contributed by atoms with Crippen molar-refractivity contribution in [1.82, 2.24) is 0 Å². The Bertz CT molecular complexity index is 601. The molecule has 0 saturated carbocycles. The van der Waals surface area contributed by atoms with Gasteiger partial charge in [-0.2, -0.15) is 0 Å². The van der Waals surface area contributed by atoms with Crippen LogP contribution in [-0.2, 0) is 6.42 Å². The van der Waals surface area contributed by atoms with Gasteiger partial charge in [0.1, 0.15) is 0 Å². The Labute approximate surface area is 121 Å². The molecule has 0 aliphatic rings. The number of thioether (sulfide) groups is 1. The summed E-state index contributed by atoms with van der Waals surface area (Å²) >= 11 is 1.52. The number of rotatable bonds is 5. The van der Waals surface area contributed by atoms with Crippen LogP contribution in [0.1, 0.15) is 17.2 Å². The van der Waals surface area contributed by atoms with Gasteiger partial charge in [0.15, 0.2) is 0 Å². The lowest BCUT2D eigenvalue weighted by molar-refractivity contribution is -0.385. The first-order valence-corrected chi connectivity index (χ1v) is 7.38. The summed E-state index contributed by atoms with van der Waals surface area (Å²) in [6.07, 6.45) is 1.62. The molecule has 2 aromatic rings. The fourth-order valence-corrected chi connectivity index (χ4v) is 2.65. The summed E-state index contributed by atoms with van der Waals surface area (Å²) in [4.78, 5) is 11.4. The molecule has 0 bridgehead atoms. The third-order valence-corrected chi connectivity index (χ3v) is 3.91. The second-order valence-electron chi connectivity index (χ2n) is 4.38. The summed E-state index contributed by atoms with van der Waals surface area (Å²) in [5, 5.41) is 21.1. The average Bonchev–Trinajstić information content (AvgIpc) is 2.48. The van der Waals surface area contributed by atoms with Crippen LogP contribution >= 0.6 is 11.8 Å². The van der Waals surface area contributed by atoms with Gasteiger partial charge in [0, 0.05) is 23.4 Å². The molecule has 0 aliphatic carbocycles. The Kier molecular flexibility index (Phi) is 4.76. The van der Waals surface area contributed by atoms with Crippen LogP contribution in [0.15, 0.2) is 53.4 Å². The van der Waals surface area contributed by atoms with Gasteiger partial charge < -0.3 is 5.11 Å². The predicted octanol–water partition coefficient (Wildman–Crippen LogP) is 3.59. The first-order valence-electron chi connectivity index (χ1n) is 6.16. The Hall–Kier alpha value is -1.85. The molecule has 0 aliphatic heterocycles. The number of hydrogen-bond donors (Lipinski definition) is 1. The smallest absolute Gasteiger partial charge is 0.269 e. The molecule has 1 atom stereocenters. The average molecular weight is 289 g/mol. The Morgan fingerprint density at radius 1 is 1.25 bits per heavy atom. The van der Waals surface area contributed by atoms with Crippen molar-refractivity contribution in [3.05, 3.63) is 69.8 Å². The first kappa shape index (κ1) is 14.6. The Morgan fingerprint density at radius 3 is 2.55 bits per heavy atom. The minimum absolute atomic E-state index is 0.0538. The van der Waals surface area contributed by atoms with Crippen LogP contribution in [0, 0.1) is 10.1 Å². The van der Waals surface area contributed by atoms with Gasteiger partial charge in [-0.3, -0.25) is 10.1 Å². The van der Waals surface area contributed by atoms with Gasteiger partial charge in [-0.25, -0.2) is 0 Å². The maximum absolute atomic E-state index is 10.8. The van der Waals surface area contributed by atoms with E-state index in [2.05, 4.69) is 0 Å². The third-order valence-electron chi connectivity index (χ3n) is 3.07. The Morgan fingerprint density at radius 2 is 1.95 bits per heavy atom. The molecule has 0 fully saturated rings. The number of benzene rings is 2. The lowest BCUT2D eigenvalue weighted by atomic mass is 10.0. The monoisotopic (exact) mass is 289 g/mol. The largest absolute Gasteiger partial charge is 0.388 e. The van der Waals surface area contributed by atoms with E-state index in [1.165, 1.54) is 23.9 Å². The van der Waals surface area contributed by atoms with Crippen molar-refractivity contribution in [3.8, 4) is 0 Å². The van der Waals surface area contributed by atoms with E-state index in [1.807, 2.05) is 36.6 Å². The minimum Gasteiger partial charge on any atom is -0.388 e. The van der Waals surface area contributed by atoms with Crippen LogP contribution < -0.4 is 0 Å². The van der Waals surface area contributed by atoms with Crippen LogP contribution in [-0.4, -0.2) is 16.3 Å². The summed E-state index contributed by atoms with van der Waals surface area (Å²) in [5.41, 5.74) is 1.66. The molecule has 5 heteroatoms. The van der Waals surface area contributed by atoms with E-state index in [4.69, 9.17) is 0 Å². The second kappa shape index (κ2) is 6.54. The summed E-state index contributed by atoms with van der Waals surface area (Å²) < 4.78 is 0. The lowest BCUT2D eigenvalue weighted by Crippen LogP contribution is -2.03. The maximum atomic E-state index is 10.8. The van der Waals surface area contributed by atoms with Crippen molar-refractivity contribution in [2.45, 2.75) is 17.4 Å². The van der Waals surface area contributed by atoms with E-state index in [9.17, 15) is 15.2 Å². The molecule has 0 radical (unpaired) electrons. The van der Waals surface area contributed by atoms with Gasteiger partial charge in [-0.15, -0.1) is 11.8 Å². The topological polar surface area (TPSA) is 63.4 Å². The fourth-order valence-electron chi connectivity index (χ4n) is 2.04. The molecule has 2 aromatic carbocycles. The number of hydrogen-bond acceptors (Lipinski definition) is 4. The van der Waals surface area contributed by atoms with Gasteiger partial charge in [-0.05, 0) is 23.4 Å². The molecule has 0 aromatic heterocycles. The molecule has 0 amide bonds. The second-order valence-corrected chi connectivity index (χ2v) is 5.23. The molecule has 20 heavy (non-hydrogen) atoms. The molecular formula is C15H15NO3S.